The van der Waals surface area contributed by atoms with Gasteiger partial charge in [0, 0.05) is 6.54 Å². The number of esters is 1. The van der Waals surface area contributed by atoms with Crippen molar-refractivity contribution >= 4 is 23.7 Å². The van der Waals surface area contributed by atoms with Crippen LogP contribution in [0.2, 0.25) is 0 Å². The molecule has 0 saturated heterocycles. The lowest BCUT2D eigenvalue weighted by Gasteiger charge is -2.14. The van der Waals surface area contributed by atoms with Crippen molar-refractivity contribution in [1.29, 1.82) is 0 Å². The van der Waals surface area contributed by atoms with Crippen molar-refractivity contribution in [3.05, 3.63) is 83.4 Å². The van der Waals surface area contributed by atoms with Gasteiger partial charge in [0.25, 0.3) is 17.7 Å². The Morgan fingerprint density at radius 1 is 1.10 bits per heavy atom. The van der Waals surface area contributed by atoms with Crippen molar-refractivity contribution in [2.45, 2.75) is 13.0 Å². The molecular weight excluding hydrogens is 372 g/mol. The van der Waals surface area contributed by atoms with E-state index in [-0.39, 0.29) is 29.3 Å². The quantitative estimate of drug-likeness (QED) is 0.444. The fraction of sp³-hybridized carbons (Fsp3) is 0.182. The van der Waals surface area contributed by atoms with Crippen LogP contribution in [-0.4, -0.2) is 41.7 Å². The summed E-state index contributed by atoms with van der Waals surface area (Å²) in [6.07, 6.45) is 1.45. The molecule has 148 valence electrons. The standard InChI is InChI=1S/C22H20N2O5/c1-3-11-24-20(26)17-10-9-16(12-18(17)21(24)27)22(28)29-13-19(25)23-14(2)15-7-5-4-6-8-15/h3-10,12,14H,1,11,13H2,2H3,(H,23,25). The smallest absolute Gasteiger partial charge is 0.338 e. The highest BCUT2D eigenvalue weighted by molar-refractivity contribution is 6.22. The molecule has 3 rings (SSSR count). The van der Waals surface area contributed by atoms with Gasteiger partial charge in [0.05, 0.1) is 22.7 Å². The third kappa shape index (κ3) is 4.24. The molecular formula is C22H20N2O5. The topological polar surface area (TPSA) is 92.8 Å². The second kappa shape index (κ2) is 8.52. The first-order valence-corrected chi connectivity index (χ1v) is 9.05. The van der Waals surface area contributed by atoms with Crippen LogP contribution in [0.4, 0.5) is 0 Å². The zero-order chi connectivity index (χ0) is 21.0. The minimum Gasteiger partial charge on any atom is -0.452 e. The van der Waals surface area contributed by atoms with Crippen molar-refractivity contribution in [3.63, 3.8) is 0 Å². The van der Waals surface area contributed by atoms with Crippen LogP contribution in [-0.2, 0) is 9.53 Å². The first-order valence-electron chi connectivity index (χ1n) is 9.05. The van der Waals surface area contributed by atoms with E-state index in [1.165, 1.54) is 24.3 Å². The van der Waals surface area contributed by atoms with Crippen LogP contribution in [0.1, 0.15) is 49.6 Å². The second-order valence-corrected chi connectivity index (χ2v) is 6.55. The molecule has 0 spiro atoms. The number of nitrogens with one attached hydrogen (secondary N) is 1. The van der Waals surface area contributed by atoms with Gasteiger partial charge in [0.15, 0.2) is 6.61 Å². The van der Waals surface area contributed by atoms with E-state index < -0.39 is 30.3 Å². The van der Waals surface area contributed by atoms with Crippen LogP contribution in [0.3, 0.4) is 0 Å². The third-order valence-electron chi connectivity index (χ3n) is 4.53. The number of rotatable bonds is 7. The van der Waals surface area contributed by atoms with Crippen LogP contribution in [0.5, 0.6) is 0 Å². The van der Waals surface area contributed by atoms with Crippen LogP contribution < -0.4 is 5.32 Å². The van der Waals surface area contributed by atoms with Gasteiger partial charge in [-0.25, -0.2) is 4.79 Å². The van der Waals surface area contributed by atoms with Crippen LogP contribution >= 0.6 is 0 Å². The molecule has 7 heteroatoms. The highest BCUT2D eigenvalue weighted by atomic mass is 16.5. The van der Waals surface area contributed by atoms with Gasteiger partial charge in [0.2, 0.25) is 0 Å². The van der Waals surface area contributed by atoms with E-state index in [0.29, 0.717) is 0 Å². The van der Waals surface area contributed by atoms with Gasteiger partial charge in [-0.15, -0.1) is 6.58 Å². The summed E-state index contributed by atoms with van der Waals surface area (Å²) in [5, 5.41) is 2.75. The monoisotopic (exact) mass is 392 g/mol. The number of amides is 3. The lowest BCUT2D eigenvalue weighted by Crippen LogP contribution is -2.31. The van der Waals surface area contributed by atoms with Gasteiger partial charge in [-0.3, -0.25) is 19.3 Å². The van der Waals surface area contributed by atoms with Crippen LogP contribution in [0.25, 0.3) is 0 Å². The van der Waals surface area contributed by atoms with Crippen LogP contribution in [0.15, 0.2) is 61.2 Å². The lowest BCUT2D eigenvalue weighted by atomic mass is 10.1. The molecule has 0 saturated carbocycles. The summed E-state index contributed by atoms with van der Waals surface area (Å²) in [6, 6.07) is 13.3. The van der Waals surface area contributed by atoms with Crippen molar-refractivity contribution in [3.8, 4) is 0 Å². The normalized spacial score (nSPS) is 13.6. The SMILES string of the molecule is C=CCN1C(=O)c2ccc(C(=O)OCC(=O)NC(C)c3ccccc3)cc2C1=O. The maximum absolute atomic E-state index is 12.3. The summed E-state index contributed by atoms with van der Waals surface area (Å²) in [7, 11) is 0. The maximum Gasteiger partial charge on any atom is 0.338 e. The molecule has 0 bridgehead atoms. The zero-order valence-corrected chi connectivity index (χ0v) is 15.9. The molecule has 7 nitrogen and oxygen atoms in total. The van der Waals surface area contributed by atoms with Gasteiger partial charge >= 0.3 is 5.97 Å². The second-order valence-electron chi connectivity index (χ2n) is 6.55. The average molecular weight is 392 g/mol. The summed E-state index contributed by atoms with van der Waals surface area (Å²) < 4.78 is 5.05. The van der Waals surface area contributed by atoms with Gasteiger partial charge in [-0.05, 0) is 30.7 Å². The molecule has 3 amide bonds. The Morgan fingerprint density at radius 3 is 2.48 bits per heavy atom. The predicted octanol–water partition coefficient (Wildman–Crippen LogP) is 2.50. The highest BCUT2D eigenvalue weighted by Gasteiger charge is 2.35. The van der Waals surface area contributed by atoms with Crippen molar-refractivity contribution in [2.24, 2.45) is 0 Å². The number of nitrogens with zero attached hydrogens (tertiary/aromatic N) is 1. The zero-order valence-electron chi connectivity index (χ0n) is 15.9. The third-order valence-corrected chi connectivity index (χ3v) is 4.53. The summed E-state index contributed by atoms with van der Waals surface area (Å²) in [5.41, 5.74) is 1.38. The first kappa shape index (κ1) is 20.0. The summed E-state index contributed by atoms with van der Waals surface area (Å²) in [5.74, 6) is -2.12. The lowest BCUT2D eigenvalue weighted by molar-refractivity contribution is -0.124. The Morgan fingerprint density at radius 2 is 1.79 bits per heavy atom. The van der Waals surface area contributed by atoms with E-state index in [9.17, 15) is 19.2 Å². The minimum absolute atomic E-state index is 0.0892. The van der Waals surface area contributed by atoms with E-state index in [1.54, 1.807) is 0 Å². The minimum atomic E-state index is -0.752. The van der Waals surface area contributed by atoms with E-state index in [2.05, 4.69) is 11.9 Å². The number of ether oxygens (including phenoxy) is 1. The number of fused-ring (bicyclic) bond motifs is 1. The van der Waals surface area contributed by atoms with E-state index in [0.717, 1.165) is 10.5 Å². The van der Waals surface area contributed by atoms with Crippen molar-refractivity contribution in [2.75, 3.05) is 13.2 Å². The molecule has 0 aliphatic carbocycles. The largest absolute Gasteiger partial charge is 0.452 e. The van der Waals surface area contributed by atoms with Gasteiger partial charge in [-0.2, -0.15) is 0 Å². The summed E-state index contributed by atoms with van der Waals surface area (Å²) in [4.78, 5) is 49.9. The molecule has 1 unspecified atom stereocenters. The molecule has 29 heavy (non-hydrogen) atoms. The Hall–Kier alpha value is -3.74. The molecule has 1 aliphatic heterocycles. The average Bonchev–Trinajstić information content (AvgIpc) is 2.97. The fourth-order valence-corrected chi connectivity index (χ4v) is 3.04. The Balaban J connectivity index is 1.61. The number of carbonyl (C=O) groups excluding carboxylic acids is 4. The Kier molecular flexibility index (Phi) is 5.87. The number of carbonyl (C=O) groups is 4. The maximum atomic E-state index is 12.3. The molecule has 0 radical (unpaired) electrons. The highest BCUT2D eigenvalue weighted by Crippen LogP contribution is 2.24. The Labute approximate surface area is 168 Å². The fourth-order valence-electron chi connectivity index (χ4n) is 3.04. The molecule has 1 atom stereocenters. The van der Waals surface area contributed by atoms with Gasteiger partial charge in [-0.1, -0.05) is 36.4 Å². The van der Waals surface area contributed by atoms with Crippen LogP contribution in [0, 0.1) is 0 Å². The van der Waals surface area contributed by atoms with Crippen molar-refractivity contribution in [1.82, 2.24) is 10.2 Å². The molecule has 1 aliphatic rings. The predicted molar refractivity (Wildman–Crippen MR) is 105 cm³/mol. The first-order chi connectivity index (χ1) is 13.9. The summed E-state index contributed by atoms with van der Waals surface area (Å²) >= 11 is 0. The van der Waals surface area contributed by atoms with Gasteiger partial charge in [0.1, 0.15) is 0 Å². The van der Waals surface area contributed by atoms with Gasteiger partial charge < -0.3 is 10.1 Å². The van der Waals surface area contributed by atoms with Crippen molar-refractivity contribution < 1.29 is 23.9 Å². The molecule has 2 aromatic rings. The molecule has 0 aromatic heterocycles. The molecule has 0 fully saturated rings. The van der Waals surface area contributed by atoms with E-state index in [1.807, 2.05) is 37.3 Å². The number of hydrogen-bond acceptors (Lipinski definition) is 5. The Bertz CT molecular complexity index is 984. The number of hydrogen-bond donors (Lipinski definition) is 1. The number of imide groups is 1. The summed E-state index contributed by atoms with van der Waals surface area (Å²) in [6.45, 7) is 4.98. The van der Waals surface area contributed by atoms with E-state index in [4.69, 9.17) is 4.74 Å². The molecule has 1 heterocycles. The molecule has 1 N–H and O–H groups in total. The van der Waals surface area contributed by atoms with E-state index >= 15 is 0 Å². The molecule has 2 aromatic carbocycles. The number of benzene rings is 2.